The molecule has 3 nitrogen and oxygen atoms in total. The van der Waals surface area contributed by atoms with Gasteiger partial charge in [0.2, 0.25) is 0 Å². The molecule has 0 aliphatic carbocycles. The van der Waals surface area contributed by atoms with Crippen LogP contribution < -0.4 is 5.32 Å². The molecule has 0 spiro atoms. The number of hydrogen-bond donors (Lipinski definition) is 2. The summed E-state index contributed by atoms with van der Waals surface area (Å²) < 4.78 is 0. The first-order valence-corrected chi connectivity index (χ1v) is 6.46. The van der Waals surface area contributed by atoms with Crippen molar-refractivity contribution in [3.63, 3.8) is 0 Å². The third kappa shape index (κ3) is 3.40. The molecule has 2 aromatic carbocycles. The van der Waals surface area contributed by atoms with Crippen LogP contribution in [0.3, 0.4) is 0 Å². The van der Waals surface area contributed by atoms with Crippen molar-refractivity contribution in [2.24, 2.45) is 0 Å². The van der Waals surface area contributed by atoms with E-state index in [2.05, 4.69) is 5.32 Å². The Kier molecular flexibility index (Phi) is 4.30. The maximum atomic E-state index is 12.0. The number of nitrogens with one attached hydrogen (secondary N) is 1. The Labute approximate surface area is 120 Å². The molecule has 0 radical (unpaired) electrons. The van der Waals surface area contributed by atoms with E-state index >= 15 is 0 Å². The first-order chi connectivity index (χ1) is 9.10. The fraction of sp³-hybridized carbons (Fsp3) is 0.0714. The van der Waals surface area contributed by atoms with Crippen molar-refractivity contribution in [3.8, 4) is 5.75 Å². The van der Waals surface area contributed by atoms with Crippen LogP contribution in [-0.4, -0.2) is 11.0 Å². The highest BCUT2D eigenvalue weighted by Crippen LogP contribution is 2.26. The van der Waals surface area contributed by atoms with Crippen molar-refractivity contribution >= 4 is 34.8 Å². The summed E-state index contributed by atoms with van der Waals surface area (Å²) in [6.45, 7) is 0. The lowest BCUT2D eigenvalue weighted by atomic mass is 10.1. The summed E-state index contributed by atoms with van der Waals surface area (Å²) in [6.07, 6.45) is 0. The fourth-order valence-corrected chi connectivity index (χ4v) is 1.93. The molecular weight excluding hydrogens is 285 g/mol. The first kappa shape index (κ1) is 13.7. The van der Waals surface area contributed by atoms with Crippen molar-refractivity contribution in [2.75, 3.05) is 5.32 Å². The van der Waals surface area contributed by atoms with E-state index in [4.69, 9.17) is 23.2 Å². The number of alkyl halides is 1. The van der Waals surface area contributed by atoms with Crippen LogP contribution in [0, 0.1) is 0 Å². The van der Waals surface area contributed by atoms with Gasteiger partial charge in [0.15, 0.2) is 0 Å². The van der Waals surface area contributed by atoms with Crippen LogP contribution >= 0.6 is 23.2 Å². The van der Waals surface area contributed by atoms with Gasteiger partial charge in [-0.05, 0) is 35.9 Å². The summed E-state index contributed by atoms with van der Waals surface area (Å²) in [4.78, 5) is 12.0. The molecule has 0 fully saturated rings. The van der Waals surface area contributed by atoms with Crippen LogP contribution in [0.5, 0.6) is 5.75 Å². The quantitative estimate of drug-likeness (QED) is 0.663. The highest BCUT2D eigenvalue weighted by Gasteiger charge is 2.08. The van der Waals surface area contributed by atoms with Crippen LogP contribution in [0.2, 0.25) is 5.02 Å². The Morgan fingerprint density at radius 3 is 2.68 bits per heavy atom. The van der Waals surface area contributed by atoms with Crippen molar-refractivity contribution < 1.29 is 9.90 Å². The number of phenols is 1. The second-order valence-corrected chi connectivity index (χ2v) is 4.63. The van der Waals surface area contributed by atoms with Gasteiger partial charge in [-0.1, -0.05) is 23.7 Å². The van der Waals surface area contributed by atoms with Crippen molar-refractivity contribution in [1.29, 1.82) is 0 Å². The lowest BCUT2D eigenvalue weighted by Gasteiger charge is -2.07. The minimum Gasteiger partial charge on any atom is -0.506 e. The number of rotatable bonds is 3. The number of halogens is 2. The Bertz CT molecular complexity index is 614. The van der Waals surface area contributed by atoms with E-state index in [0.717, 1.165) is 5.56 Å². The van der Waals surface area contributed by atoms with Crippen molar-refractivity contribution in [2.45, 2.75) is 5.88 Å². The highest BCUT2D eigenvalue weighted by atomic mass is 35.5. The van der Waals surface area contributed by atoms with Gasteiger partial charge in [0, 0.05) is 17.1 Å². The molecule has 98 valence electrons. The molecule has 19 heavy (non-hydrogen) atoms. The second kappa shape index (κ2) is 5.95. The van der Waals surface area contributed by atoms with Gasteiger partial charge in [-0.3, -0.25) is 4.79 Å². The zero-order chi connectivity index (χ0) is 13.8. The molecule has 0 saturated heterocycles. The lowest BCUT2D eigenvalue weighted by molar-refractivity contribution is 0.102. The monoisotopic (exact) mass is 295 g/mol. The second-order valence-electron chi connectivity index (χ2n) is 3.95. The molecule has 0 aliphatic rings. The summed E-state index contributed by atoms with van der Waals surface area (Å²) in [5.41, 5.74) is 1.91. The number of amides is 1. The SMILES string of the molecule is O=C(Nc1ccc(O)c(Cl)c1)c1cccc(CCl)c1. The van der Waals surface area contributed by atoms with Crippen LogP contribution in [-0.2, 0) is 5.88 Å². The predicted molar refractivity (Wildman–Crippen MR) is 77.1 cm³/mol. The van der Waals surface area contributed by atoms with Gasteiger partial charge < -0.3 is 10.4 Å². The number of anilines is 1. The van der Waals surface area contributed by atoms with E-state index in [0.29, 0.717) is 17.1 Å². The average molecular weight is 296 g/mol. The van der Waals surface area contributed by atoms with Crippen LogP contribution in [0.15, 0.2) is 42.5 Å². The first-order valence-electron chi connectivity index (χ1n) is 5.55. The smallest absolute Gasteiger partial charge is 0.255 e. The summed E-state index contributed by atoms with van der Waals surface area (Å²) >= 11 is 11.5. The van der Waals surface area contributed by atoms with E-state index in [1.807, 2.05) is 6.07 Å². The maximum absolute atomic E-state index is 12.0. The maximum Gasteiger partial charge on any atom is 0.255 e. The normalized spacial score (nSPS) is 10.2. The molecule has 0 heterocycles. The fourth-order valence-electron chi connectivity index (χ4n) is 1.58. The van der Waals surface area contributed by atoms with E-state index in [1.54, 1.807) is 24.3 Å². The minimum absolute atomic E-state index is 0.0243. The summed E-state index contributed by atoms with van der Waals surface area (Å²) in [5.74, 6) is 0.0733. The van der Waals surface area contributed by atoms with Gasteiger partial charge in [-0.2, -0.15) is 0 Å². The summed E-state index contributed by atoms with van der Waals surface area (Å²) in [5, 5.41) is 12.2. The Morgan fingerprint density at radius 1 is 1.21 bits per heavy atom. The summed E-state index contributed by atoms with van der Waals surface area (Å²) in [7, 11) is 0. The molecule has 1 amide bonds. The Hall–Kier alpha value is -1.71. The van der Waals surface area contributed by atoms with Gasteiger partial charge in [0.1, 0.15) is 5.75 Å². The Balaban J connectivity index is 2.18. The number of phenolic OH excluding ortho intramolecular Hbond substituents is 1. The number of aromatic hydroxyl groups is 1. The molecule has 0 unspecified atom stereocenters. The van der Waals surface area contributed by atoms with Crippen LogP contribution in [0.4, 0.5) is 5.69 Å². The molecule has 2 rings (SSSR count). The molecular formula is C14H11Cl2NO2. The zero-order valence-electron chi connectivity index (χ0n) is 9.86. The van der Waals surface area contributed by atoms with E-state index < -0.39 is 0 Å². The Morgan fingerprint density at radius 2 is 2.00 bits per heavy atom. The molecule has 0 bridgehead atoms. The number of hydrogen-bond acceptors (Lipinski definition) is 2. The van der Waals surface area contributed by atoms with Gasteiger partial charge in [-0.25, -0.2) is 0 Å². The van der Waals surface area contributed by atoms with Crippen molar-refractivity contribution in [3.05, 3.63) is 58.6 Å². The number of benzene rings is 2. The third-order valence-electron chi connectivity index (χ3n) is 2.55. The summed E-state index contributed by atoms with van der Waals surface area (Å²) in [6, 6.07) is 11.5. The van der Waals surface area contributed by atoms with Gasteiger partial charge in [0.25, 0.3) is 5.91 Å². The molecule has 0 saturated carbocycles. The number of carbonyl (C=O) groups excluding carboxylic acids is 1. The highest BCUT2D eigenvalue weighted by molar-refractivity contribution is 6.32. The molecule has 0 aromatic heterocycles. The van der Waals surface area contributed by atoms with Gasteiger partial charge in [0.05, 0.1) is 5.02 Å². The minimum atomic E-state index is -0.256. The van der Waals surface area contributed by atoms with Gasteiger partial charge in [-0.15, -0.1) is 11.6 Å². The topological polar surface area (TPSA) is 49.3 Å². The standard InChI is InChI=1S/C14H11Cl2NO2/c15-8-9-2-1-3-10(6-9)14(19)17-11-4-5-13(18)12(16)7-11/h1-7,18H,8H2,(H,17,19). The molecule has 2 aromatic rings. The van der Waals surface area contributed by atoms with E-state index in [1.165, 1.54) is 12.1 Å². The third-order valence-corrected chi connectivity index (χ3v) is 3.16. The predicted octanol–water partition coefficient (Wildman–Crippen LogP) is 4.04. The van der Waals surface area contributed by atoms with Gasteiger partial charge >= 0.3 is 0 Å². The number of carbonyl (C=O) groups is 1. The molecule has 2 N–H and O–H groups in total. The molecule has 5 heteroatoms. The van der Waals surface area contributed by atoms with E-state index in [9.17, 15) is 9.90 Å². The van der Waals surface area contributed by atoms with Crippen LogP contribution in [0.25, 0.3) is 0 Å². The largest absolute Gasteiger partial charge is 0.506 e. The average Bonchev–Trinajstić information content (AvgIpc) is 2.43. The van der Waals surface area contributed by atoms with Crippen molar-refractivity contribution in [1.82, 2.24) is 0 Å². The van der Waals surface area contributed by atoms with Crippen LogP contribution in [0.1, 0.15) is 15.9 Å². The van der Waals surface area contributed by atoms with E-state index in [-0.39, 0.29) is 16.7 Å². The lowest BCUT2D eigenvalue weighted by Crippen LogP contribution is -2.11. The molecule has 0 aliphatic heterocycles. The molecule has 0 atom stereocenters. The zero-order valence-corrected chi connectivity index (χ0v) is 11.4.